The summed E-state index contributed by atoms with van der Waals surface area (Å²) in [6.45, 7) is 9.15. The predicted molar refractivity (Wildman–Crippen MR) is 103 cm³/mol. The molecule has 4 heteroatoms. The molecular weight excluding hydrogens is 312 g/mol. The van der Waals surface area contributed by atoms with Crippen molar-refractivity contribution in [3.8, 4) is 0 Å². The Bertz CT molecular complexity index is 612. The Morgan fingerprint density at radius 1 is 1.32 bits per heavy atom. The van der Waals surface area contributed by atoms with Gasteiger partial charge in [-0.2, -0.15) is 0 Å². The molecule has 1 aliphatic heterocycles. The van der Waals surface area contributed by atoms with Gasteiger partial charge in [-0.05, 0) is 62.8 Å². The number of aryl methyl sites for hydroxylation is 1. The molecule has 1 N–H and O–H groups in total. The fourth-order valence-corrected chi connectivity index (χ4v) is 3.62. The molecule has 1 heterocycles. The van der Waals surface area contributed by atoms with Crippen LogP contribution in [0.2, 0.25) is 0 Å². The lowest BCUT2D eigenvalue weighted by Crippen LogP contribution is -2.42. The van der Waals surface area contributed by atoms with Crippen molar-refractivity contribution in [2.45, 2.75) is 72.3 Å². The molecule has 25 heavy (non-hydrogen) atoms. The van der Waals surface area contributed by atoms with Gasteiger partial charge in [-0.15, -0.1) is 0 Å². The minimum Gasteiger partial charge on any atom is -0.336 e. The number of anilines is 1. The van der Waals surface area contributed by atoms with Gasteiger partial charge >= 0.3 is 0 Å². The third-order valence-electron chi connectivity index (χ3n) is 5.13. The number of nitrogens with one attached hydrogen (secondary N) is 1. The van der Waals surface area contributed by atoms with Crippen molar-refractivity contribution in [3.05, 3.63) is 29.3 Å². The van der Waals surface area contributed by atoms with Gasteiger partial charge in [0.1, 0.15) is 0 Å². The van der Waals surface area contributed by atoms with Crippen molar-refractivity contribution in [2.24, 2.45) is 5.92 Å². The highest BCUT2D eigenvalue weighted by atomic mass is 16.2. The minimum absolute atomic E-state index is 0.0489. The first-order valence-electron chi connectivity index (χ1n) is 9.63. The number of likely N-dealkylation sites (tertiary alicyclic amines) is 1. The number of benzene rings is 1. The third kappa shape index (κ3) is 5.32. The Balaban J connectivity index is 2.02. The summed E-state index contributed by atoms with van der Waals surface area (Å²) >= 11 is 0. The van der Waals surface area contributed by atoms with Gasteiger partial charge in [0.15, 0.2) is 0 Å². The molecule has 2 atom stereocenters. The first-order valence-corrected chi connectivity index (χ1v) is 9.63. The molecule has 0 aromatic heterocycles. The smallest absolute Gasteiger partial charge is 0.254 e. The Labute approximate surface area is 152 Å². The SMILES string of the molecule is CCCC(C)CC(=O)Nc1ccc(C(=O)N2CCCCC2C)cc1C. The van der Waals surface area contributed by atoms with Crippen LogP contribution >= 0.6 is 0 Å². The number of amides is 2. The first kappa shape index (κ1) is 19.5. The molecule has 0 radical (unpaired) electrons. The quantitative estimate of drug-likeness (QED) is 0.808. The Hall–Kier alpha value is -1.84. The molecule has 1 fully saturated rings. The summed E-state index contributed by atoms with van der Waals surface area (Å²) in [5.41, 5.74) is 2.45. The molecule has 1 aliphatic rings. The van der Waals surface area contributed by atoms with E-state index in [1.807, 2.05) is 30.0 Å². The molecule has 1 aromatic rings. The molecule has 0 aliphatic carbocycles. The van der Waals surface area contributed by atoms with E-state index in [0.29, 0.717) is 23.9 Å². The van der Waals surface area contributed by atoms with Crippen molar-refractivity contribution >= 4 is 17.5 Å². The average molecular weight is 344 g/mol. The fourth-order valence-electron chi connectivity index (χ4n) is 3.62. The second kappa shape index (κ2) is 9.02. The zero-order valence-corrected chi connectivity index (χ0v) is 16.1. The molecule has 2 amide bonds. The van der Waals surface area contributed by atoms with E-state index < -0.39 is 0 Å². The zero-order valence-electron chi connectivity index (χ0n) is 16.1. The molecule has 0 bridgehead atoms. The third-order valence-corrected chi connectivity index (χ3v) is 5.13. The average Bonchev–Trinajstić information content (AvgIpc) is 2.56. The van der Waals surface area contributed by atoms with Crippen LogP contribution in [0.3, 0.4) is 0 Å². The molecule has 138 valence electrons. The monoisotopic (exact) mass is 344 g/mol. The van der Waals surface area contributed by atoms with E-state index in [2.05, 4.69) is 26.1 Å². The molecule has 2 rings (SSSR count). The van der Waals surface area contributed by atoms with E-state index in [-0.39, 0.29) is 11.8 Å². The first-order chi connectivity index (χ1) is 11.9. The normalized spacial score (nSPS) is 18.7. The number of carbonyl (C=O) groups is 2. The van der Waals surface area contributed by atoms with Gasteiger partial charge in [-0.25, -0.2) is 0 Å². The van der Waals surface area contributed by atoms with Crippen LogP contribution in [0.15, 0.2) is 18.2 Å². The summed E-state index contributed by atoms with van der Waals surface area (Å²) in [5, 5.41) is 2.99. The minimum atomic E-state index is 0.0489. The maximum atomic E-state index is 12.8. The molecule has 1 aromatic carbocycles. The Kier molecular flexibility index (Phi) is 7.03. The molecule has 1 saturated heterocycles. The second-order valence-electron chi connectivity index (χ2n) is 7.52. The Morgan fingerprint density at radius 2 is 2.08 bits per heavy atom. The van der Waals surface area contributed by atoms with Gasteiger partial charge in [-0.1, -0.05) is 26.7 Å². The lowest BCUT2D eigenvalue weighted by Gasteiger charge is -2.33. The molecule has 0 saturated carbocycles. The number of carbonyl (C=O) groups excluding carboxylic acids is 2. The van der Waals surface area contributed by atoms with Gasteiger partial charge in [-0.3, -0.25) is 9.59 Å². The summed E-state index contributed by atoms with van der Waals surface area (Å²) in [6, 6.07) is 5.90. The highest BCUT2D eigenvalue weighted by molar-refractivity contribution is 5.96. The van der Waals surface area contributed by atoms with Crippen LogP contribution in [0, 0.1) is 12.8 Å². The molecule has 0 spiro atoms. The van der Waals surface area contributed by atoms with Crippen molar-refractivity contribution < 1.29 is 9.59 Å². The van der Waals surface area contributed by atoms with Crippen LogP contribution in [0.5, 0.6) is 0 Å². The molecule has 4 nitrogen and oxygen atoms in total. The maximum absolute atomic E-state index is 12.8. The van der Waals surface area contributed by atoms with E-state index in [1.54, 1.807) is 0 Å². The van der Waals surface area contributed by atoms with Gasteiger partial charge < -0.3 is 10.2 Å². The number of piperidine rings is 1. The number of hydrogen-bond acceptors (Lipinski definition) is 2. The van der Waals surface area contributed by atoms with Crippen LogP contribution in [-0.2, 0) is 4.79 Å². The van der Waals surface area contributed by atoms with Crippen LogP contribution in [0.1, 0.15) is 75.2 Å². The summed E-state index contributed by atoms with van der Waals surface area (Å²) in [4.78, 5) is 26.9. The summed E-state index contributed by atoms with van der Waals surface area (Å²) < 4.78 is 0. The summed E-state index contributed by atoms with van der Waals surface area (Å²) in [5.74, 6) is 0.546. The lowest BCUT2D eigenvalue weighted by atomic mass is 10.0. The van der Waals surface area contributed by atoms with E-state index >= 15 is 0 Å². The van der Waals surface area contributed by atoms with E-state index in [0.717, 1.165) is 43.5 Å². The number of rotatable bonds is 6. The van der Waals surface area contributed by atoms with Crippen LogP contribution in [0.25, 0.3) is 0 Å². The standard InChI is InChI=1S/C21H32N2O2/c1-5-8-15(2)13-20(24)22-19-11-10-18(14-16(19)3)21(25)23-12-7-6-9-17(23)4/h10-11,14-15,17H,5-9,12-13H2,1-4H3,(H,22,24). The van der Waals surface area contributed by atoms with Crippen molar-refractivity contribution in [1.82, 2.24) is 4.90 Å². The van der Waals surface area contributed by atoms with Gasteiger partial charge in [0.05, 0.1) is 0 Å². The molecular formula is C21H32N2O2. The van der Waals surface area contributed by atoms with Crippen molar-refractivity contribution in [3.63, 3.8) is 0 Å². The second-order valence-corrected chi connectivity index (χ2v) is 7.52. The van der Waals surface area contributed by atoms with Crippen LogP contribution < -0.4 is 5.32 Å². The number of nitrogens with zero attached hydrogens (tertiary/aromatic N) is 1. The zero-order chi connectivity index (χ0) is 18.4. The molecule has 2 unspecified atom stereocenters. The van der Waals surface area contributed by atoms with Gasteiger partial charge in [0.2, 0.25) is 5.91 Å². The van der Waals surface area contributed by atoms with E-state index in [1.165, 1.54) is 6.42 Å². The predicted octanol–water partition coefficient (Wildman–Crippen LogP) is 4.77. The number of hydrogen-bond donors (Lipinski definition) is 1. The van der Waals surface area contributed by atoms with Gasteiger partial charge in [0.25, 0.3) is 5.91 Å². The highest BCUT2D eigenvalue weighted by Gasteiger charge is 2.24. The maximum Gasteiger partial charge on any atom is 0.254 e. The summed E-state index contributed by atoms with van der Waals surface area (Å²) in [7, 11) is 0. The van der Waals surface area contributed by atoms with Crippen LogP contribution in [-0.4, -0.2) is 29.3 Å². The fraction of sp³-hybridized carbons (Fsp3) is 0.619. The van der Waals surface area contributed by atoms with Crippen molar-refractivity contribution in [2.75, 3.05) is 11.9 Å². The lowest BCUT2D eigenvalue weighted by molar-refractivity contribution is -0.117. The topological polar surface area (TPSA) is 49.4 Å². The van der Waals surface area contributed by atoms with E-state index in [9.17, 15) is 9.59 Å². The van der Waals surface area contributed by atoms with Crippen LogP contribution in [0.4, 0.5) is 5.69 Å². The Morgan fingerprint density at radius 3 is 2.72 bits per heavy atom. The van der Waals surface area contributed by atoms with Gasteiger partial charge in [0, 0.05) is 30.3 Å². The highest BCUT2D eigenvalue weighted by Crippen LogP contribution is 2.23. The largest absolute Gasteiger partial charge is 0.336 e. The summed E-state index contributed by atoms with van der Waals surface area (Å²) in [6.07, 6.45) is 6.06. The van der Waals surface area contributed by atoms with E-state index in [4.69, 9.17) is 0 Å². The van der Waals surface area contributed by atoms with Crippen molar-refractivity contribution in [1.29, 1.82) is 0 Å².